The summed E-state index contributed by atoms with van der Waals surface area (Å²) in [5, 5.41) is 12.2. The number of carbonyl (C=O) groups is 1. The van der Waals surface area contributed by atoms with E-state index in [2.05, 4.69) is 24.1 Å². The summed E-state index contributed by atoms with van der Waals surface area (Å²) in [5.74, 6) is 0.0762. The molecule has 4 N–H and O–H groups in total. The van der Waals surface area contributed by atoms with E-state index in [1.54, 1.807) is 24.3 Å². The minimum Gasteiger partial charge on any atom is -0.508 e. The molecule has 1 rings (SSSR count). The highest BCUT2D eigenvalue weighted by Crippen LogP contribution is 2.10. The molecule has 0 saturated heterocycles. The maximum atomic E-state index is 12.1. The monoisotopic (exact) mass is 293 g/mol. The highest BCUT2D eigenvalue weighted by molar-refractivity contribution is 5.82. The largest absolute Gasteiger partial charge is 0.508 e. The van der Waals surface area contributed by atoms with Gasteiger partial charge in [0.15, 0.2) is 0 Å². The molecule has 5 nitrogen and oxygen atoms in total. The molecule has 5 heteroatoms. The fourth-order valence-electron chi connectivity index (χ4n) is 2.24. The van der Waals surface area contributed by atoms with Gasteiger partial charge >= 0.3 is 0 Å². The Kier molecular flexibility index (Phi) is 7.19. The van der Waals surface area contributed by atoms with Gasteiger partial charge in [0.1, 0.15) is 5.75 Å². The van der Waals surface area contributed by atoms with Crippen molar-refractivity contribution >= 4 is 5.91 Å². The van der Waals surface area contributed by atoms with Crippen LogP contribution in [0.2, 0.25) is 0 Å². The molecule has 0 aliphatic carbocycles. The second-order valence-corrected chi connectivity index (χ2v) is 5.37. The van der Waals surface area contributed by atoms with Crippen LogP contribution in [-0.2, 0) is 11.2 Å². The number of nitrogens with one attached hydrogen (secondary N) is 1. The Hall–Kier alpha value is -1.59. The van der Waals surface area contributed by atoms with Gasteiger partial charge in [0, 0.05) is 12.6 Å². The third kappa shape index (κ3) is 6.14. The van der Waals surface area contributed by atoms with Gasteiger partial charge in [0.2, 0.25) is 5.91 Å². The Balaban J connectivity index is 2.45. The fourth-order valence-corrected chi connectivity index (χ4v) is 2.24. The average Bonchev–Trinajstić information content (AvgIpc) is 2.46. The molecule has 0 radical (unpaired) electrons. The van der Waals surface area contributed by atoms with Crippen molar-refractivity contribution in [1.29, 1.82) is 0 Å². The van der Waals surface area contributed by atoms with Crippen molar-refractivity contribution in [2.45, 2.75) is 39.3 Å². The van der Waals surface area contributed by atoms with Crippen LogP contribution in [-0.4, -0.2) is 47.6 Å². The van der Waals surface area contributed by atoms with E-state index in [0.717, 1.165) is 25.2 Å². The van der Waals surface area contributed by atoms with Gasteiger partial charge in [-0.25, -0.2) is 0 Å². The molecule has 0 spiro atoms. The summed E-state index contributed by atoms with van der Waals surface area (Å²) >= 11 is 0. The molecule has 118 valence electrons. The number of amides is 1. The van der Waals surface area contributed by atoms with Crippen LogP contribution in [0.1, 0.15) is 26.3 Å². The molecule has 21 heavy (non-hydrogen) atoms. The molecule has 0 fully saturated rings. The van der Waals surface area contributed by atoms with Crippen LogP contribution in [0, 0.1) is 0 Å². The van der Waals surface area contributed by atoms with E-state index in [9.17, 15) is 9.90 Å². The number of rotatable bonds is 8. The Bertz CT molecular complexity index is 430. The topological polar surface area (TPSA) is 78.6 Å². The van der Waals surface area contributed by atoms with E-state index in [0.29, 0.717) is 6.42 Å². The zero-order valence-electron chi connectivity index (χ0n) is 13.2. The molecule has 1 amide bonds. The van der Waals surface area contributed by atoms with E-state index >= 15 is 0 Å². The first kappa shape index (κ1) is 17.5. The van der Waals surface area contributed by atoms with Crippen LogP contribution in [0.4, 0.5) is 0 Å². The fraction of sp³-hybridized carbons (Fsp3) is 0.562. The summed E-state index contributed by atoms with van der Waals surface area (Å²) in [6.45, 7) is 8.96. The summed E-state index contributed by atoms with van der Waals surface area (Å²) in [7, 11) is 0. The van der Waals surface area contributed by atoms with Gasteiger partial charge in [-0.05, 0) is 44.1 Å². The second-order valence-electron chi connectivity index (χ2n) is 5.37. The number of phenols is 1. The van der Waals surface area contributed by atoms with E-state index in [1.807, 2.05) is 6.92 Å². The van der Waals surface area contributed by atoms with Gasteiger partial charge in [-0.1, -0.05) is 26.0 Å². The summed E-state index contributed by atoms with van der Waals surface area (Å²) in [5.41, 5.74) is 6.88. The molecule has 0 saturated carbocycles. The molecule has 0 aliphatic rings. The van der Waals surface area contributed by atoms with E-state index in [-0.39, 0.29) is 17.7 Å². The van der Waals surface area contributed by atoms with Crippen molar-refractivity contribution in [3.05, 3.63) is 29.8 Å². The van der Waals surface area contributed by atoms with Gasteiger partial charge in [-0.3, -0.25) is 4.79 Å². The van der Waals surface area contributed by atoms with Crippen LogP contribution in [0.15, 0.2) is 24.3 Å². The Morgan fingerprint density at radius 2 is 1.86 bits per heavy atom. The highest BCUT2D eigenvalue weighted by Gasteiger charge is 2.17. The van der Waals surface area contributed by atoms with Gasteiger partial charge in [-0.2, -0.15) is 0 Å². The van der Waals surface area contributed by atoms with Crippen LogP contribution >= 0.6 is 0 Å². The minimum atomic E-state index is -0.575. The zero-order valence-corrected chi connectivity index (χ0v) is 13.2. The van der Waals surface area contributed by atoms with Crippen molar-refractivity contribution < 1.29 is 9.90 Å². The van der Waals surface area contributed by atoms with Crippen LogP contribution in [0.3, 0.4) is 0 Å². The normalized spacial score (nSPS) is 14.0. The molecule has 0 bridgehead atoms. The third-order valence-corrected chi connectivity index (χ3v) is 3.54. The predicted octanol–water partition coefficient (Wildman–Crippen LogP) is 1.11. The molecule has 1 aromatic carbocycles. The minimum absolute atomic E-state index is 0.0725. The van der Waals surface area contributed by atoms with Crippen molar-refractivity contribution in [1.82, 2.24) is 10.2 Å². The maximum Gasteiger partial charge on any atom is 0.237 e. The number of phenolic OH excluding ortho intramolecular Hbond substituents is 1. The van der Waals surface area contributed by atoms with Gasteiger partial charge in [0.25, 0.3) is 0 Å². The lowest BCUT2D eigenvalue weighted by Gasteiger charge is -2.24. The van der Waals surface area contributed by atoms with Crippen LogP contribution < -0.4 is 11.1 Å². The number of likely N-dealkylation sites (N-methyl/N-ethyl adjacent to an activating group) is 1. The number of nitrogens with zero attached hydrogens (tertiary/aromatic N) is 1. The third-order valence-electron chi connectivity index (χ3n) is 3.54. The Morgan fingerprint density at radius 1 is 1.29 bits per heavy atom. The van der Waals surface area contributed by atoms with E-state index < -0.39 is 6.04 Å². The smallest absolute Gasteiger partial charge is 0.237 e. The summed E-state index contributed by atoms with van der Waals surface area (Å²) in [6, 6.07) is 6.26. The standard InChI is InChI=1S/C16H27N3O2/c1-4-19(5-2)11-12(3)18-16(21)15(17)10-13-6-8-14(20)9-7-13/h6-9,12,15,20H,4-5,10-11,17H2,1-3H3,(H,18,21). The van der Waals surface area contributed by atoms with Crippen LogP contribution in [0.5, 0.6) is 5.75 Å². The number of hydrogen-bond donors (Lipinski definition) is 3. The average molecular weight is 293 g/mol. The molecule has 2 unspecified atom stereocenters. The number of benzene rings is 1. The van der Waals surface area contributed by atoms with E-state index in [1.165, 1.54) is 0 Å². The van der Waals surface area contributed by atoms with Crippen molar-refractivity contribution in [3.63, 3.8) is 0 Å². The van der Waals surface area contributed by atoms with Crippen molar-refractivity contribution in [2.75, 3.05) is 19.6 Å². The quantitative estimate of drug-likeness (QED) is 0.671. The van der Waals surface area contributed by atoms with E-state index in [4.69, 9.17) is 5.73 Å². The molecule has 1 aromatic rings. The van der Waals surface area contributed by atoms with Gasteiger partial charge in [0.05, 0.1) is 6.04 Å². The second kappa shape index (κ2) is 8.64. The Morgan fingerprint density at radius 3 is 2.38 bits per heavy atom. The maximum absolute atomic E-state index is 12.1. The Labute approximate surface area is 127 Å². The predicted molar refractivity (Wildman–Crippen MR) is 85.2 cm³/mol. The lowest BCUT2D eigenvalue weighted by atomic mass is 10.1. The molecule has 0 heterocycles. The molecule has 0 aliphatic heterocycles. The first-order valence-corrected chi connectivity index (χ1v) is 7.52. The summed E-state index contributed by atoms with van der Waals surface area (Å²) in [4.78, 5) is 14.3. The first-order chi connectivity index (χ1) is 9.96. The lowest BCUT2D eigenvalue weighted by Crippen LogP contribution is -2.49. The van der Waals surface area contributed by atoms with Gasteiger partial charge < -0.3 is 21.1 Å². The number of carbonyl (C=O) groups excluding carboxylic acids is 1. The highest BCUT2D eigenvalue weighted by atomic mass is 16.3. The number of aromatic hydroxyl groups is 1. The molecular formula is C16H27N3O2. The SMILES string of the molecule is CCN(CC)CC(C)NC(=O)C(N)Cc1ccc(O)cc1. The summed E-state index contributed by atoms with van der Waals surface area (Å²) < 4.78 is 0. The number of hydrogen-bond acceptors (Lipinski definition) is 4. The van der Waals surface area contributed by atoms with Crippen molar-refractivity contribution in [3.8, 4) is 5.75 Å². The lowest BCUT2D eigenvalue weighted by molar-refractivity contribution is -0.123. The van der Waals surface area contributed by atoms with Crippen LogP contribution in [0.25, 0.3) is 0 Å². The summed E-state index contributed by atoms with van der Waals surface area (Å²) in [6.07, 6.45) is 0.462. The molecule has 0 aromatic heterocycles. The van der Waals surface area contributed by atoms with Crippen molar-refractivity contribution in [2.24, 2.45) is 5.73 Å². The molecule has 2 atom stereocenters. The zero-order chi connectivity index (χ0) is 15.8. The number of nitrogens with two attached hydrogens (primary N) is 1. The first-order valence-electron chi connectivity index (χ1n) is 7.52. The van der Waals surface area contributed by atoms with Gasteiger partial charge in [-0.15, -0.1) is 0 Å². The molecular weight excluding hydrogens is 266 g/mol.